The summed E-state index contributed by atoms with van der Waals surface area (Å²) < 4.78 is 0. The summed E-state index contributed by atoms with van der Waals surface area (Å²) in [7, 11) is 0. The van der Waals surface area contributed by atoms with Gasteiger partial charge < -0.3 is 10.6 Å². The zero-order valence-corrected chi connectivity index (χ0v) is 11.9. The Balaban J connectivity index is 1.33. The van der Waals surface area contributed by atoms with Crippen molar-refractivity contribution in [2.75, 3.05) is 6.54 Å². The van der Waals surface area contributed by atoms with Crippen LogP contribution in [0.1, 0.15) is 45.4 Å². The monoisotopic (exact) mass is 262 g/mol. The fraction of sp³-hybridized carbons (Fsp3) is 0.938. The SMILES string of the molecule is CCC1CCNC(C(=O)NC2C3C4CCC(C4)C23)C1. The molecule has 0 aromatic rings. The van der Waals surface area contributed by atoms with E-state index in [1.807, 2.05) is 0 Å². The first kappa shape index (κ1) is 12.2. The molecule has 2 bridgehead atoms. The van der Waals surface area contributed by atoms with E-state index in [1.54, 1.807) is 0 Å². The fourth-order valence-electron chi connectivity index (χ4n) is 5.35. The van der Waals surface area contributed by atoms with Gasteiger partial charge >= 0.3 is 0 Å². The number of fused-ring (bicyclic) bond motifs is 5. The predicted molar refractivity (Wildman–Crippen MR) is 74.5 cm³/mol. The third-order valence-corrected chi connectivity index (χ3v) is 6.45. The summed E-state index contributed by atoms with van der Waals surface area (Å²) in [5.41, 5.74) is 0. The van der Waals surface area contributed by atoms with Crippen LogP contribution in [0.4, 0.5) is 0 Å². The van der Waals surface area contributed by atoms with Gasteiger partial charge in [0, 0.05) is 6.04 Å². The summed E-state index contributed by atoms with van der Waals surface area (Å²) in [5, 5.41) is 6.78. The molecule has 3 heteroatoms. The highest BCUT2D eigenvalue weighted by atomic mass is 16.2. The largest absolute Gasteiger partial charge is 0.351 e. The highest BCUT2D eigenvalue weighted by molar-refractivity contribution is 5.82. The molecule has 2 N–H and O–H groups in total. The Bertz CT molecular complexity index is 367. The van der Waals surface area contributed by atoms with Gasteiger partial charge in [0.2, 0.25) is 5.91 Å². The molecule has 3 nitrogen and oxygen atoms in total. The van der Waals surface area contributed by atoms with E-state index in [-0.39, 0.29) is 11.9 Å². The normalized spacial score (nSPS) is 50.9. The van der Waals surface area contributed by atoms with Crippen molar-refractivity contribution in [3.8, 4) is 0 Å². The number of hydrogen-bond donors (Lipinski definition) is 2. The Kier molecular flexibility index (Phi) is 2.87. The number of amides is 1. The van der Waals surface area contributed by atoms with E-state index >= 15 is 0 Å². The van der Waals surface area contributed by atoms with Gasteiger partial charge in [-0.05, 0) is 68.2 Å². The average Bonchev–Trinajstić information content (AvgIpc) is 2.85. The van der Waals surface area contributed by atoms with Gasteiger partial charge in [-0.15, -0.1) is 0 Å². The van der Waals surface area contributed by atoms with E-state index < -0.39 is 0 Å². The van der Waals surface area contributed by atoms with Gasteiger partial charge in [-0.2, -0.15) is 0 Å². The van der Waals surface area contributed by atoms with Crippen LogP contribution in [0.15, 0.2) is 0 Å². The Morgan fingerprint density at radius 2 is 1.89 bits per heavy atom. The zero-order chi connectivity index (χ0) is 13.0. The number of piperidine rings is 1. The lowest BCUT2D eigenvalue weighted by Gasteiger charge is -2.29. The number of carbonyl (C=O) groups is 1. The van der Waals surface area contributed by atoms with Crippen LogP contribution in [0.2, 0.25) is 0 Å². The molecule has 1 saturated heterocycles. The molecule has 106 valence electrons. The molecule has 4 fully saturated rings. The molecule has 3 saturated carbocycles. The summed E-state index contributed by atoms with van der Waals surface area (Å²) in [4.78, 5) is 12.4. The standard InChI is InChI=1S/C16H26N2O/c1-2-9-5-6-17-12(7-9)16(19)18-15-13-10-3-4-11(8-10)14(13)15/h9-15,17H,2-8H2,1H3,(H,18,19). The summed E-state index contributed by atoms with van der Waals surface area (Å²) in [6.07, 6.45) is 7.80. The van der Waals surface area contributed by atoms with E-state index in [0.717, 1.165) is 42.6 Å². The first-order valence-corrected chi connectivity index (χ1v) is 8.31. The molecule has 1 aliphatic heterocycles. The molecule has 6 atom stereocenters. The van der Waals surface area contributed by atoms with E-state index in [0.29, 0.717) is 6.04 Å². The van der Waals surface area contributed by atoms with Crippen LogP contribution in [0, 0.1) is 29.6 Å². The minimum Gasteiger partial charge on any atom is -0.351 e. The van der Waals surface area contributed by atoms with Gasteiger partial charge in [-0.3, -0.25) is 4.79 Å². The van der Waals surface area contributed by atoms with Crippen LogP contribution in [0.3, 0.4) is 0 Å². The Hall–Kier alpha value is -0.570. The fourth-order valence-corrected chi connectivity index (χ4v) is 5.35. The van der Waals surface area contributed by atoms with Gasteiger partial charge in [0.25, 0.3) is 0 Å². The molecule has 0 aromatic carbocycles. The van der Waals surface area contributed by atoms with Crippen LogP contribution in [-0.4, -0.2) is 24.5 Å². The molecule has 4 aliphatic rings. The molecule has 3 aliphatic carbocycles. The van der Waals surface area contributed by atoms with Crippen molar-refractivity contribution in [1.82, 2.24) is 10.6 Å². The predicted octanol–water partition coefficient (Wildman–Crippen LogP) is 1.93. The van der Waals surface area contributed by atoms with Crippen LogP contribution in [-0.2, 0) is 4.79 Å². The molecular weight excluding hydrogens is 236 g/mol. The maximum atomic E-state index is 12.4. The van der Waals surface area contributed by atoms with Gasteiger partial charge in [0.15, 0.2) is 0 Å². The van der Waals surface area contributed by atoms with Crippen molar-refractivity contribution >= 4 is 5.91 Å². The second-order valence-corrected chi connectivity index (χ2v) is 7.33. The summed E-state index contributed by atoms with van der Waals surface area (Å²) >= 11 is 0. The second-order valence-electron chi connectivity index (χ2n) is 7.33. The second kappa shape index (κ2) is 4.47. The lowest BCUT2D eigenvalue weighted by Crippen LogP contribution is -2.49. The maximum Gasteiger partial charge on any atom is 0.237 e. The van der Waals surface area contributed by atoms with Crippen LogP contribution in [0.25, 0.3) is 0 Å². The third-order valence-electron chi connectivity index (χ3n) is 6.45. The average molecular weight is 262 g/mol. The molecule has 0 spiro atoms. The first-order chi connectivity index (χ1) is 9.28. The van der Waals surface area contributed by atoms with Crippen LogP contribution < -0.4 is 10.6 Å². The van der Waals surface area contributed by atoms with Gasteiger partial charge in [-0.1, -0.05) is 13.3 Å². The summed E-state index contributed by atoms with van der Waals surface area (Å²) in [6.45, 7) is 3.26. The minimum absolute atomic E-state index is 0.0812. The molecule has 0 radical (unpaired) electrons. The topological polar surface area (TPSA) is 41.1 Å². The van der Waals surface area contributed by atoms with E-state index in [9.17, 15) is 4.79 Å². The minimum atomic E-state index is 0.0812. The van der Waals surface area contributed by atoms with Crippen molar-refractivity contribution in [1.29, 1.82) is 0 Å². The van der Waals surface area contributed by atoms with Gasteiger partial charge in [0.1, 0.15) is 0 Å². The van der Waals surface area contributed by atoms with Crippen molar-refractivity contribution in [3.05, 3.63) is 0 Å². The Labute approximate surface area is 115 Å². The molecule has 1 heterocycles. The molecular formula is C16H26N2O. The Morgan fingerprint density at radius 3 is 2.58 bits per heavy atom. The number of rotatable bonds is 3. The number of hydrogen-bond acceptors (Lipinski definition) is 2. The molecule has 4 rings (SSSR count). The van der Waals surface area contributed by atoms with E-state index in [2.05, 4.69) is 17.6 Å². The van der Waals surface area contributed by atoms with E-state index in [4.69, 9.17) is 0 Å². The summed E-state index contributed by atoms with van der Waals surface area (Å²) in [6, 6.07) is 0.625. The molecule has 1 amide bonds. The summed E-state index contributed by atoms with van der Waals surface area (Å²) in [5.74, 6) is 4.64. The van der Waals surface area contributed by atoms with Crippen molar-refractivity contribution in [3.63, 3.8) is 0 Å². The lowest BCUT2D eigenvalue weighted by atomic mass is 9.90. The first-order valence-electron chi connectivity index (χ1n) is 8.31. The molecule has 19 heavy (non-hydrogen) atoms. The lowest BCUT2D eigenvalue weighted by molar-refractivity contribution is -0.124. The van der Waals surface area contributed by atoms with E-state index in [1.165, 1.54) is 32.1 Å². The van der Waals surface area contributed by atoms with Crippen LogP contribution >= 0.6 is 0 Å². The highest BCUT2D eigenvalue weighted by Crippen LogP contribution is 2.65. The number of nitrogens with one attached hydrogen (secondary N) is 2. The molecule has 6 unspecified atom stereocenters. The van der Waals surface area contributed by atoms with Crippen LogP contribution in [0.5, 0.6) is 0 Å². The smallest absolute Gasteiger partial charge is 0.237 e. The quantitative estimate of drug-likeness (QED) is 0.816. The van der Waals surface area contributed by atoms with Crippen molar-refractivity contribution in [2.45, 2.75) is 57.5 Å². The van der Waals surface area contributed by atoms with Gasteiger partial charge in [0.05, 0.1) is 6.04 Å². The Morgan fingerprint density at radius 1 is 1.16 bits per heavy atom. The van der Waals surface area contributed by atoms with Crippen molar-refractivity contribution in [2.24, 2.45) is 29.6 Å². The maximum absolute atomic E-state index is 12.4. The zero-order valence-electron chi connectivity index (χ0n) is 11.9. The highest BCUT2D eigenvalue weighted by Gasteiger charge is 2.65. The number of carbonyl (C=O) groups excluding carboxylic acids is 1. The molecule has 0 aromatic heterocycles. The van der Waals surface area contributed by atoms with Crippen molar-refractivity contribution < 1.29 is 4.79 Å². The van der Waals surface area contributed by atoms with Gasteiger partial charge in [-0.25, -0.2) is 0 Å². The third kappa shape index (κ3) is 1.93.